The van der Waals surface area contributed by atoms with Crippen LogP contribution in [0.3, 0.4) is 0 Å². The van der Waals surface area contributed by atoms with Gasteiger partial charge in [0.1, 0.15) is 5.75 Å². The second kappa shape index (κ2) is 9.38. The van der Waals surface area contributed by atoms with Crippen LogP contribution in [-0.4, -0.2) is 27.6 Å². The molecule has 1 atom stereocenters. The van der Waals surface area contributed by atoms with Gasteiger partial charge < -0.3 is 14.8 Å². The zero-order chi connectivity index (χ0) is 23.6. The molecule has 170 valence electrons. The highest BCUT2D eigenvalue weighted by atomic mass is 35.5. The van der Waals surface area contributed by atoms with E-state index < -0.39 is 21.7 Å². The van der Waals surface area contributed by atoms with Crippen molar-refractivity contribution in [1.82, 2.24) is 5.32 Å². The molecule has 0 aromatic heterocycles. The van der Waals surface area contributed by atoms with Crippen molar-refractivity contribution < 1.29 is 22.7 Å². The van der Waals surface area contributed by atoms with Gasteiger partial charge in [-0.25, -0.2) is 13.2 Å². The Morgan fingerprint density at radius 2 is 1.66 bits per heavy atom. The average Bonchev–Trinajstić information content (AvgIpc) is 2.73. The van der Waals surface area contributed by atoms with Gasteiger partial charge in [-0.3, -0.25) is 0 Å². The number of hydrogen-bond donors (Lipinski definition) is 1. The summed E-state index contributed by atoms with van der Waals surface area (Å²) in [5, 5.41) is 3.39. The summed E-state index contributed by atoms with van der Waals surface area (Å²) in [4.78, 5) is 12.9. The number of ether oxygens (including phenoxy) is 2. The van der Waals surface area contributed by atoms with Crippen LogP contribution in [0.25, 0.3) is 0 Å². The number of sulfone groups is 1. The standard InChI is InChI=1S/C24H26ClNO5S/c1-14(2)31-17-10-12-18(13-11-17)32(28,29)23-16(4)26-15(3)21(24(27)30-5)22(23)19-8-6-7-9-20(19)25/h6-14,22,26H,1-5H3. The van der Waals surface area contributed by atoms with E-state index in [9.17, 15) is 13.2 Å². The van der Waals surface area contributed by atoms with Crippen molar-refractivity contribution in [2.24, 2.45) is 0 Å². The van der Waals surface area contributed by atoms with E-state index in [1.807, 2.05) is 13.8 Å². The molecule has 32 heavy (non-hydrogen) atoms. The summed E-state index contributed by atoms with van der Waals surface area (Å²) in [6.07, 6.45) is -0.0368. The van der Waals surface area contributed by atoms with E-state index in [1.165, 1.54) is 19.2 Å². The van der Waals surface area contributed by atoms with Crippen LogP contribution in [0, 0.1) is 0 Å². The van der Waals surface area contributed by atoms with Gasteiger partial charge in [-0.2, -0.15) is 0 Å². The van der Waals surface area contributed by atoms with E-state index in [4.69, 9.17) is 21.1 Å². The highest BCUT2D eigenvalue weighted by molar-refractivity contribution is 7.95. The maximum atomic E-state index is 13.8. The molecule has 8 heteroatoms. The number of allylic oxidation sites excluding steroid dienone is 3. The number of carbonyl (C=O) groups excluding carboxylic acids is 1. The molecule has 2 aromatic rings. The third-order valence-electron chi connectivity index (χ3n) is 5.12. The third-order valence-corrected chi connectivity index (χ3v) is 7.47. The molecule has 1 heterocycles. The number of benzene rings is 2. The molecule has 6 nitrogen and oxygen atoms in total. The molecule has 0 radical (unpaired) electrons. The van der Waals surface area contributed by atoms with Crippen LogP contribution in [0.1, 0.15) is 39.2 Å². The molecular formula is C24H26ClNO5S. The molecule has 0 saturated carbocycles. The van der Waals surface area contributed by atoms with Gasteiger partial charge in [-0.1, -0.05) is 29.8 Å². The highest BCUT2D eigenvalue weighted by Crippen LogP contribution is 2.45. The first kappa shape index (κ1) is 23.9. The van der Waals surface area contributed by atoms with Crippen LogP contribution in [0.5, 0.6) is 5.75 Å². The largest absolute Gasteiger partial charge is 0.491 e. The fraction of sp³-hybridized carbons (Fsp3) is 0.292. The molecule has 3 rings (SSSR count). The molecule has 0 fully saturated rings. The monoisotopic (exact) mass is 475 g/mol. The fourth-order valence-electron chi connectivity index (χ4n) is 3.81. The quantitative estimate of drug-likeness (QED) is 0.594. The van der Waals surface area contributed by atoms with Gasteiger partial charge in [-0.05, 0) is 63.6 Å². The maximum Gasteiger partial charge on any atom is 0.336 e. The number of dihydropyridines is 1. The molecule has 1 aliphatic heterocycles. The Kier molecular flexibility index (Phi) is 7.00. The fourth-order valence-corrected chi connectivity index (χ4v) is 5.82. The summed E-state index contributed by atoms with van der Waals surface area (Å²) >= 11 is 6.47. The number of carbonyl (C=O) groups is 1. The first-order valence-electron chi connectivity index (χ1n) is 10.1. The SMILES string of the molecule is COC(=O)C1=C(C)NC(C)=C(S(=O)(=O)c2ccc(OC(C)C)cc2)C1c1ccccc1Cl. The van der Waals surface area contributed by atoms with Gasteiger partial charge in [0.2, 0.25) is 9.84 Å². The molecule has 0 bridgehead atoms. The Labute approximate surface area is 193 Å². The van der Waals surface area contributed by atoms with Crippen molar-refractivity contribution >= 4 is 27.4 Å². The van der Waals surface area contributed by atoms with Gasteiger partial charge in [0, 0.05) is 16.4 Å². The van der Waals surface area contributed by atoms with Crippen molar-refractivity contribution in [3.05, 3.63) is 81.0 Å². The molecule has 1 N–H and O–H groups in total. The predicted octanol–water partition coefficient (Wildman–Crippen LogP) is 4.97. The van der Waals surface area contributed by atoms with E-state index in [0.717, 1.165) is 0 Å². The Balaban J connectivity index is 2.20. The normalized spacial score (nSPS) is 16.8. The second-order valence-corrected chi connectivity index (χ2v) is 10.1. The van der Waals surface area contributed by atoms with Crippen molar-refractivity contribution in [2.75, 3.05) is 7.11 Å². The summed E-state index contributed by atoms with van der Waals surface area (Å²) in [6.45, 7) is 7.17. The zero-order valence-corrected chi connectivity index (χ0v) is 20.2. The van der Waals surface area contributed by atoms with Crippen molar-refractivity contribution in [3.63, 3.8) is 0 Å². The number of hydrogen-bond acceptors (Lipinski definition) is 6. The number of rotatable bonds is 6. The van der Waals surface area contributed by atoms with Crippen LogP contribution in [0.2, 0.25) is 5.02 Å². The van der Waals surface area contributed by atoms with E-state index in [1.54, 1.807) is 50.2 Å². The lowest BCUT2D eigenvalue weighted by atomic mass is 9.86. The molecular weight excluding hydrogens is 450 g/mol. The van der Waals surface area contributed by atoms with Crippen LogP contribution < -0.4 is 10.1 Å². The lowest BCUT2D eigenvalue weighted by molar-refractivity contribution is -0.136. The van der Waals surface area contributed by atoms with Gasteiger partial charge in [0.05, 0.1) is 34.5 Å². The van der Waals surface area contributed by atoms with Gasteiger partial charge in [0.25, 0.3) is 0 Å². The zero-order valence-electron chi connectivity index (χ0n) is 18.6. The van der Waals surface area contributed by atoms with E-state index >= 15 is 0 Å². The summed E-state index contributed by atoms with van der Waals surface area (Å²) < 4.78 is 38.3. The number of methoxy groups -OCH3 is 1. The van der Waals surface area contributed by atoms with Crippen LogP contribution in [0.15, 0.2) is 75.3 Å². The first-order chi connectivity index (χ1) is 15.1. The minimum Gasteiger partial charge on any atom is -0.491 e. The van der Waals surface area contributed by atoms with Crippen molar-refractivity contribution in [3.8, 4) is 5.75 Å². The molecule has 1 unspecified atom stereocenters. The smallest absolute Gasteiger partial charge is 0.336 e. The Morgan fingerprint density at radius 1 is 1.03 bits per heavy atom. The lowest BCUT2D eigenvalue weighted by Crippen LogP contribution is -2.31. The molecule has 0 aliphatic carbocycles. The summed E-state index contributed by atoms with van der Waals surface area (Å²) in [5.74, 6) is -0.977. The number of halogens is 1. The van der Waals surface area contributed by atoms with Crippen molar-refractivity contribution in [2.45, 2.75) is 44.6 Å². The number of esters is 1. The molecule has 0 amide bonds. The predicted molar refractivity (Wildman–Crippen MR) is 124 cm³/mol. The lowest BCUT2D eigenvalue weighted by Gasteiger charge is -2.31. The van der Waals surface area contributed by atoms with Gasteiger partial charge >= 0.3 is 5.97 Å². The first-order valence-corrected chi connectivity index (χ1v) is 12.0. The minimum atomic E-state index is -4.01. The Bertz CT molecular complexity index is 1200. The van der Waals surface area contributed by atoms with Crippen LogP contribution in [0.4, 0.5) is 0 Å². The summed E-state index contributed by atoms with van der Waals surface area (Å²) in [7, 11) is -2.74. The minimum absolute atomic E-state index is 0.0368. The van der Waals surface area contributed by atoms with E-state index in [-0.39, 0.29) is 21.5 Å². The summed E-state index contributed by atoms with van der Waals surface area (Å²) in [6, 6.07) is 13.1. The van der Waals surface area contributed by atoms with Crippen molar-refractivity contribution in [1.29, 1.82) is 0 Å². The maximum absolute atomic E-state index is 13.8. The summed E-state index contributed by atoms with van der Waals surface area (Å²) in [5.41, 5.74) is 1.64. The number of nitrogens with one attached hydrogen (secondary N) is 1. The third kappa shape index (κ3) is 4.54. The average molecular weight is 476 g/mol. The van der Waals surface area contributed by atoms with Crippen LogP contribution in [-0.2, 0) is 19.4 Å². The van der Waals surface area contributed by atoms with E-state index in [0.29, 0.717) is 27.7 Å². The van der Waals surface area contributed by atoms with Crippen LogP contribution >= 0.6 is 11.6 Å². The molecule has 2 aromatic carbocycles. The van der Waals surface area contributed by atoms with Gasteiger partial charge in [0.15, 0.2) is 0 Å². The molecule has 0 spiro atoms. The topological polar surface area (TPSA) is 81.7 Å². The highest BCUT2D eigenvalue weighted by Gasteiger charge is 2.41. The molecule has 0 saturated heterocycles. The van der Waals surface area contributed by atoms with E-state index in [2.05, 4.69) is 5.32 Å². The Hall–Kier alpha value is -2.77. The second-order valence-electron chi connectivity index (χ2n) is 7.74. The van der Waals surface area contributed by atoms with Gasteiger partial charge in [-0.15, -0.1) is 0 Å². The molecule has 1 aliphatic rings. The Morgan fingerprint density at radius 3 is 2.22 bits per heavy atom.